The van der Waals surface area contributed by atoms with E-state index in [-0.39, 0.29) is 6.01 Å². The zero-order valence-corrected chi connectivity index (χ0v) is 10.4. The summed E-state index contributed by atoms with van der Waals surface area (Å²) in [5.74, 6) is 0.430. The summed E-state index contributed by atoms with van der Waals surface area (Å²) in [5.41, 5.74) is 7.48. The summed E-state index contributed by atoms with van der Waals surface area (Å²) < 4.78 is 5.56. The summed E-state index contributed by atoms with van der Waals surface area (Å²) in [6.07, 6.45) is 1.69. The minimum Gasteiger partial charge on any atom is -0.422 e. The predicted molar refractivity (Wildman–Crippen MR) is 75.2 cm³/mol. The topological polar surface area (TPSA) is 84.8 Å². The predicted octanol–water partition coefficient (Wildman–Crippen LogP) is 2.88. The monoisotopic (exact) mass is 262 g/mol. The molecular weight excluding hydrogens is 252 g/mol. The van der Waals surface area contributed by atoms with Crippen LogP contribution in [0.15, 0.2) is 48.7 Å². The number of para-hydroxylation sites is 1. The second-order valence-electron chi connectivity index (χ2n) is 4.18. The summed E-state index contributed by atoms with van der Waals surface area (Å²) in [4.78, 5) is 8.43. The van der Waals surface area contributed by atoms with Gasteiger partial charge in [-0.2, -0.15) is 10.2 Å². The Morgan fingerprint density at radius 1 is 1.15 bits per heavy atom. The van der Waals surface area contributed by atoms with Crippen molar-refractivity contribution in [1.29, 1.82) is 5.26 Å². The van der Waals surface area contributed by atoms with Crippen molar-refractivity contribution >= 4 is 16.6 Å². The first-order valence-electron chi connectivity index (χ1n) is 5.95. The number of nitrogen functional groups attached to an aromatic ring is 1. The van der Waals surface area contributed by atoms with Gasteiger partial charge in [0.15, 0.2) is 5.75 Å². The molecule has 2 aromatic carbocycles. The van der Waals surface area contributed by atoms with Crippen LogP contribution in [0.3, 0.4) is 0 Å². The molecule has 0 saturated carbocycles. The van der Waals surface area contributed by atoms with Crippen molar-refractivity contribution in [3.63, 3.8) is 0 Å². The van der Waals surface area contributed by atoms with Gasteiger partial charge in [-0.3, -0.25) is 0 Å². The highest BCUT2D eigenvalue weighted by molar-refractivity contribution is 5.77. The van der Waals surface area contributed by atoms with Gasteiger partial charge in [-0.1, -0.05) is 18.2 Å². The molecule has 0 spiro atoms. The molecular formula is C15H10N4O. The smallest absolute Gasteiger partial charge is 0.322 e. The van der Waals surface area contributed by atoms with Crippen molar-refractivity contribution in [3.8, 4) is 17.8 Å². The maximum absolute atomic E-state index is 8.79. The second kappa shape index (κ2) is 4.86. The van der Waals surface area contributed by atoms with Crippen molar-refractivity contribution in [2.75, 3.05) is 5.73 Å². The molecule has 96 valence electrons. The van der Waals surface area contributed by atoms with Gasteiger partial charge in [-0.05, 0) is 24.3 Å². The first-order valence-corrected chi connectivity index (χ1v) is 5.95. The van der Waals surface area contributed by atoms with Crippen LogP contribution < -0.4 is 10.5 Å². The summed E-state index contributed by atoms with van der Waals surface area (Å²) in [5, 5.41) is 9.73. The fourth-order valence-electron chi connectivity index (χ4n) is 1.81. The van der Waals surface area contributed by atoms with E-state index in [9.17, 15) is 0 Å². The van der Waals surface area contributed by atoms with Gasteiger partial charge < -0.3 is 10.5 Å². The number of nitriles is 1. The van der Waals surface area contributed by atoms with Gasteiger partial charge >= 0.3 is 6.01 Å². The Labute approximate surface area is 115 Å². The Morgan fingerprint density at radius 3 is 2.80 bits per heavy atom. The molecule has 0 bridgehead atoms. The number of benzene rings is 2. The van der Waals surface area contributed by atoms with Crippen molar-refractivity contribution in [1.82, 2.24) is 9.97 Å². The van der Waals surface area contributed by atoms with Crippen molar-refractivity contribution < 1.29 is 4.74 Å². The van der Waals surface area contributed by atoms with Crippen LogP contribution in [0.2, 0.25) is 0 Å². The maximum atomic E-state index is 8.79. The molecule has 0 atom stereocenters. The molecule has 0 radical (unpaired) electrons. The molecule has 5 nitrogen and oxygen atoms in total. The molecule has 20 heavy (non-hydrogen) atoms. The van der Waals surface area contributed by atoms with E-state index in [1.54, 1.807) is 24.4 Å². The first-order chi connectivity index (χ1) is 9.76. The zero-order valence-electron chi connectivity index (χ0n) is 10.4. The maximum Gasteiger partial charge on any atom is 0.322 e. The quantitative estimate of drug-likeness (QED) is 0.718. The highest BCUT2D eigenvalue weighted by Gasteiger charge is 2.06. The van der Waals surface area contributed by atoms with E-state index in [0.717, 1.165) is 10.9 Å². The number of fused-ring (bicyclic) bond motifs is 1. The van der Waals surface area contributed by atoms with Crippen LogP contribution in [-0.4, -0.2) is 9.97 Å². The van der Waals surface area contributed by atoms with Gasteiger partial charge in [-0.25, -0.2) is 4.98 Å². The number of nitrogens with zero attached hydrogens (tertiary/aromatic N) is 3. The number of hydrogen-bond donors (Lipinski definition) is 1. The summed E-state index contributed by atoms with van der Waals surface area (Å²) in [6.45, 7) is 0. The van der Waals surface area contributed by atoms with Crippen molar-refractivity contribution in [3.05, 3.63) is 54.2 Å². The molecule has 0 fully saturated rings. The van der Waals surface area contributed by atoms with Crippen molar-refractivity contribution in [2.45, 2.75) is 0 Å². The van der Waals surface area contributed by atoms with E-state index < -0.39 is 0 Å². The van der Waals surface area contributed by atoms with Crippen LogP contribution in [0, 0.1) is 11.3 Å². The fourth-order valence-corrected chi connectivity index (χ4v) is 1.81. The number of nitrogens with two attached hydrogens (primary N) is 1. The van der Waals surface area contributed by atoms with E-state index in [0.29, 0.717) is 17.0 Å². The van der Waals surface area contributed by atoms with Gasteiger partial charge in [0.25, 0.3) is 0 Å². The summed E-state index contributed by atoms with van der Waals surface area (Å²) in [6, 6.07) is 14.7. The number of anilines is 1. The number of ether oxygens (including phenoxy) is 1. The van der Waals surface area contributed by atoms with Gasteiger partial charge in [0.05, 0.1) is 22.8 Å². The lowest BCUT2D eigenvalue weighted by Crippen LogP contribution is -1.96. The lowest BCUT2D eigenvalue weighted by molar-refractivity contribution is 0.446. The van der Waals surface area contributed by atoms with Gasteiger partial charge in [0, 0.05) is 11.6 Å². The van der Waals surface area contributed by atoms with Crippen LogP contribution in [0.4, 0.5) is 5.69 Å². The molecule has 5 heteroatoms. The Kier molecular flexibility index (Phi) is 2.90. The fraction of sp³-hybridized carbons (Fsp3) is 0. The average Bonchev–Trinajstić information content (AvgIpc) is 2.49. The Morgan fingerprint density at radius 2 is 2.00 bits per heavy atom. The van der Waals surface area contributed by atoms with E-state index >= 15 is 0 Å². The van der Waals surface area contributed by atoms with E-state index in [1.807, 2.05) is 30.3 Å². The molecule has 0 aliphatic rings. The normalized spacial score (nSPS) is 10.2. The van der Waals surface area contributed by atoms with Crippen molar-refractivity contribution in [2.24, 2.45) is 0 Å². The molecule has 0 aliphatic heterocycles. The van der Waals surface area contributed by atoms with E-state index in [2.05, 4.69) is 9.97 Å². The van der Waals surface area contributed by atoms with Crippen LogP contribution in [0.25, 0.3) is 10.9 Å². The highest BCUT2D eigenvalue weighted by Crippen LogP contribution is 2.26. The standard InChI is InChI=1S/C15H10N4O/c16-8-10-5-6-14(12(17)7-10)20-15-18-9-11-3-1-2-4-13(11)19-15/h1-7,9H,17H2. The van der Waals surface area contributed by atoms with Gasteiger partial charge in [0.1, 0.15) is 0 Å². The molecule has 0 aliphatic carbocycles. The van der Waals surface area contributed by atoms with E-state index in [1.165, 1.54) is 0 Å². The third-order valence-corrected chi connectivity index (χ3v) is 2.81. The Hall–Kier alpha value is -3.13. The third kappa shape index (κ3) is 2.22. The molecule has 1 aromatic heterocycles. The minimum atomic E-state index is 0.222. The second-order valence-corrected chi connectivity index (χ2v) is 4.18. The lowest BCUT2D eigenvalue weighted by Gasteiger charge is -2.07. The minimum absolute atomic E-state index is 0.222. The van der Waals surface area contributed by atoms with Gasteiger partial charge in [-0.15, -0.1) is 0 Å². The molecule has 3 aromatic rings. The number of hydrogen-bond acceptors (Lipinski definition) is 5. The average molecular weight is 262 g/mol. The number of aromatic nitrogens is 2. The summed E-state index contributed by atoms with van der Waals surface area (Å²) >= 11 is 0. The molecule has 0 amide bonds. The third-order valence-electron chi connectivity index (χ3n) is 2.81. The summed E-state index contributed by atoms with van der Waals surface area (Å²) in [7, 11) is 0. The molecule has 0 saturated heterocycles. The highest BCUT2D eigenvalue weighted by atomic mass is 16.5. The van der Waals surface area contributed by atoms with Crippen LogP contribution in [-0.2, 0) is 0 Å². The van der Waals surface area contributed by atoms with Crippen LogP contribution in [0.5, 0.6) is 11.8 Å². The van der Waals surface area contributed by atoms with Crippen LogP contribution in [0.1, 0.15) is 5.56 Å². The van der Waals surface area contributed by atoms with Gasteiger partial charge in [0.2, 0.25) is 0 Å². The van der Waals surface area contributed by atoms with E-state index in [4.69, 9.17) is 15.7 Å². The van der Waals surface area contributed by atoms with Crippen LogP contribution >= 0.6 is 0 Å². The molecule has 2 N–H and O–H groups in total. The SMILES string of the molecule is N#Cc1ccc(Oc2ncc3ccccc3n2)c(N)c1. The molecule has 0 unspecified atom stereocenters. The largest absolute Gasteiger partial charge is 0.422 e. The Bertz CT molecular complexity index is 823. The molecule has 1 heterocycles. The lowest BCUT2D eigenvalue weighted by atomic mass is 10.2. The molecule has 3 rings (SSSR count). The number of rotatable bonds is 2. The Balaban J connectivity index is 1.95. The first kappa shape index (κ1) is 11.9. The zero-order chi connectivity index (χ0) is 13.9.